The minimum Gasteiger partial charge on any atom is -0.493 e. The van der Waals surface area contributed by atoms with Crippen molar-refractivity contribution in [1.82, 2.24) is 5.32 Å². The molecular formula is C13H16N2O2. The van der Waals surface area contributed by atoms with E-state index >= 15 is 0 Å². The standard InChI is InChI=1S/C13H16N2O2/c14-9-12(15-5-1-6-16)10-2-3-13-11(8-10)4-7-17-13/h2-3,8,12,15-16H,1,4-7H2. The highest BCUT2D eigenvalue weighted by Gasteiger charge is 2.16. The lowest BCUT2D eigenvalue weighted by Gasteiger charge is -2.12. The molecule has 4 heteroatoms. The third-order valence-corrected chi connectivity index (χ3v) is 2.86. The largest absolute Gasteiger partial charge is 0.493 e. The molecule has 1 aliphatic heterocycles. The minimum atomic E-state index is -0.313. The fourth-order valence-corrected chi connectivity index (χ4v) is 1.95. The second-order valence-corrected chi connectivity index (χ2v) is 4.06. The van der Waals surface area contributed by atoms with Gasteiger partial charge in [0.1, 0.15) is 11.8 Å². The first-order valence-corrected chi connectivity index (χ1v) is 5.84. The lowest BCUT2D eigenvalue weighted by molar-refractivity contribution is 0.285. The number of hydrogen-bond acceptors (Lipinski definition) is 4. The zero-order valence-corrected chi connectivity index (χ0v) is 9.65. The molecule has 0 spiro atoms. The maximum Gasteiger partial charge on any atom is 0.122 e. The van der Waals surface area contributed by atoms with E-state index in [2.05, 4.69) is 11.4 Å². The Balaban J connectivity index is 2.07. The van der Waals surface area contributed by atoms with Gasteiger partial charge in [-0.25, -0.2) is 0 Å². The second kappa shape index (κ2) is 5.67. The van der Waals surface area contributed by atoms with Crippen LogP contribution < -0.4 is 10.1 Å². The van der Waals surface area contributed by atoms with Crippen molar-refractivity contribution in [3.05, 3.63) is 29.3 Å². The molecule has 2 rings (SSSR count). The maximum absolute atomic E-state index is 9.12. The van der Waals surface area contributed by atoms with Crippen LogP contribution in [0.4, 0.5) is 0 Å². The molecule has 17 heavy (non-hydrogen) atoms. The van der Waals surface area contributed by atoms with Crippen molar-refractivity contribution in [3.8, 4) is 11.8 Å². The number of nitrogens with one attached hydrogen (secondary N) is 1. The van der Waals surface area contributed by atoms with Gasteiger partial charge in [0.05, 0.1) is 12.7 Å². The summed E-state index contributed by atoms with van der Waals surface area (Å²) in [5.41, 5.74) is 2.14. The summed E-state index contributed by atoms with van der Waals surface area (Å²) in [6.45, 7) is 1.51. The smallest absolute Gasteiger partial charge is 0.122 e. The number of nitrogens with zero attached hydrogens (tertiary/aromatic N) is 1. The summed E-state index contributed by atoms with van der Waals surface area (Å²) in [5.74, 6) is 0.931. The van der Waals surface area contributed by atoms with Gasteiger partial charge in [0.25, 0.3) is 0 Å². The summed E-state index contributed by atoms with van der Waals surface area (Å²) < 4.78 is 5.43. The predicted molar refractivity (Wildman–Crippen MR) is 63.7 cm³/mol. The zero-order valence-electron chi connectivity index (χ0n) is 9.65. The predicted octanol–water partition coefficient (Wildman–Crippen LogP) is 1.16. The van der Waals surface area contributed by atoms with Crippen LogP contribution in [0.3, 0.4) is 0 Å². The number of rotatable bonds is 5. The average Bonchev–Trinajstić information content (AvgIpc) is 2.82. The molecule has 4 nitrogen and oxygen atoms in total. The molecule has 0 radical (unpaired) electrons. The van der Waals surface area contributed by atoms with Crippen LogP contribution in [0.1, 0.15) is 23.6 Å². The van der Waals surface area contributed by atoms with E-state index in [0.29, 0.717) is 13.0 Å². The van der Waals surface area contributed by atoms with Crippen LogP contribution in [0, 0.1) is 11.3 Å². The molecule has 1 unspecified atom stereocenters. The highest BCUT2D eigenvalue weighted by Crippen LogP contribution is 2.27. The van der Waals surface area contributed by atoms with Crippen molar-refractivity contribution < 1.29 is 9.84 Å². The summed E-state index contributed by atoms with van der Waals surface area (Å²) in [6, 6.07) is 7.80. The van der Waals surface area contributed by atoms with Crippen LogP contribution in [0.2, 0.25) is 0 Å². The first kappa shape index (κ1) is 11.9. The topological polar surface area (TPSA) is 65.3 Å². The van der Waals surface area contributed by atoms with Gasteiger partial charge < -0.3 is 9.84 Å². The van der Waals surface area contributed by atoms with Crippen molar-refractivity contribution in [2.75, 3.05) is 19.8 Å². The monoisotopic (exact) mass is 232 g/mol. The minimum absolute atomic E-state index is 0.142. The second-order valence-electron chi connectivity index (χ2n) is 4.06. The third kappa shape index (κ3) is 2.76. The van der Waals surface area contributed by atoms with Crippen LogP contribution in [0.25, 0.3) is 0 Å². The van der Waals surface area contributed by atoms with E-state index in [1.54, 1.807) is 0 Å². The van der Waals surface area contributed by atoms with Crippen molar-refractivity contribution in [2.24, 2.45) is 0 Å². The lowest BCUT2D eigenvalue weighted by Crippen LogP contribution is -2.21. The van der Waals surface area contributed by atoms with Gasteiger partial charge in [0.2, 0.25) is 0 Å². The molecule has 1 aromatic carbocycles. The normalized spacial score (nSPS) is 14.8. The molecule has 0 aromatic heterocycles. The fraction of sp³-hybridized carbons (Fsp3) is 0.462. The molecular weight excluding hydrogens is 216 g/mol. The number of ether oxygens (including phenoxy) is 1. The van der Waals surface area contributed by atoms with E-state index in [-0.39, 0.29) is 12.6 Å². The Morgan fingerprint density at radius 3 is 3.18 bits per heavy atom. The van der Waals surface area contributed by atoms with Crippen molar-refractivity contribution in [2.45, 2.75) is 18.9 Å². The molecule has 0 amide bonds. The molecule has 0 aliphatic carbocycles. The Kier molecular flexibility index (Phi) is 3.97. The number of aliphatic hydroxyl groups is 1. The summed E-state index contributed by atoms with van der Waals surface area (Å²) >= 11 is 0. The van der Waals surface area contributed by atoms with E-state index < -0.39 is 0 Å². The van der Waals surface area contributed by atoms with Gasteiger partial charge in [-0.15, -0.1) is 0 Å². The van der Waals surface area contributed by atoms with Gasteiger partial charge in [-0.3, -0.25) is 5.32 Å². The fourth-order valence-electron chi connectivity index (χ4n) is 1.95. The van der Waals surface area contributed by atoms with Crippen molar-refractivity contribution in [1.29, 1.82) is 5.26 Å². The van der Waals surface area contributed by atoms with Crippen LogP contribution >= 0.6 is 0 Å². The van der Waals surface area contributed by atoms with Crippen molar-refractivity contribution in [3.63, 3.8) is 0 Å². The molecule has 0 saturated heterocycles. The first-order valence-electron chi connectivity index (χ1n) is 5.84. The summed E-state index contributed by atoms with van der Waals surface area (Å²) in [6.07, 6.45) is 1.57. The van der Waals surface area contributed by atoms with Gasteiger partial charge in [0.15, 0.2) is 0 Å². The number of fused-ring (bicyclic) bond motifs is 1. The van der Waals surface area contributed by atoms with E-state index in [1.807, 2.05) is 18.2 Å². The summed E-state index contributed by atoms with van der Waals surface area (Å²) in [7, 11) is 0. The molecule has 0 saturated carbocycles. The Morgan fingerprint density at radius 2 is 2.41 bits per heavy atom. The van der Waals surface area contributed by atoms with E-state index in [9.17, 15) is 0 Å². The number of benzene rings is 1. The first-order chi connectivity index (χ1) is 8.35. The van der Waals surface area contributed by atoms with Gasteiger partial charge in [-0.2, -0.15) is 5.26 Å². The Morgan fingerprint density at radius 1 is 1.53 bits per heavy atom. The van der Waals surface area contributed by atoms with Crippen LogP contribution in [-0.4, -0.2) is 24.9 Å². The number of aliphatic hydroxyl groups excluding tert-OH is 1. The molecule has 1 aliphatic rings. The van der Waals surface area contributed by atoms with Crippen LogP contribution in [0.5, 0.6) is 5.75 Å². The molecule has 1 atom stereocenters. The molecule has 0 bridgehead atoms. The Labute approximate surface area is 101 Å². The molecule has 90 valence electrons. The van der Waals surface area contributed by atoms with Gasteiger partial charge in [-0.05, 0) is 36.2 Å². The van der Waals surface area contributed by atoms with E-state index in [4.69, 9.17) is 15.1 Å². The summed E-state index contributed by atoms with van der Waals surface area (Å²) in [4.78, 5) is 0. The summed E-state index contributed by atoms with van der Waals surface area (Å²) in [5, 5.41) is 20.9. The highest BCUT2D eigenvalue weighted by atomic mass is 16.5. The van der Waals surface area contributed by atoms with Gasteiger partial charge >= 0.3 is 0 Å². The molecule has 1 heterocycles. The van der Waals surface area contributed by atoms with E-state index in [0.717, 1.165) is 24.3 Å². The Bertz CT molecular complexity index is 426. The molecule has 1 aromatic rings. The lowest BCUT2D eigenvalue weighted by atomic mass is 10.0. The maximum atomic E-state index is 9.12. The van der Waals surface area contributed by atoms with Gasteiger partial charge in [-0.1, -0.05) is 6.07 Å². The van der Waals surface area contributed by atoms with Crippen LogP contribution in [0.15, 0.2) is 18.2 Å². The SMILES string of the molecule is N#CC(NCCCO)c1ccc2c(c1)CCO2. The van der Waals surface area contributed by atoms with Gasteiger partial charge in [0, 0.05) is 13.0 Å². The highest BCUT2D eigenvalue weighted by molar-refractivity contribution is 5.41. The zero-order chi connectivity index (χ0) is 12.1. The quantitative estimate of drug-likeness (QED) is 0.748. The van der Waals surface area contributed by atoms with Crippen LogP contribution in [-0.2, 0) is 6.42 Å². The molecule has 2 N–H and O–H groups in total. The van der Waals surface area contributed by atoms with Crippen molar-refractivity contribution >= 4 is 0 Å². The molecule has 0 fully saturated rings. The number of hydrogen-bond donors (Lipinski definition) is 2. The average molecular weight is 232 g/mol. The number of nitriles is 1. The van der Waals surface area contributed by atoms with E-state index in [1.165, 1.54) is 5.56 Å². The Hall–Kier alpha value is -1.57. The third-order valence-electron chi connectivity index (χ3n) is 2.86.